The molecule has 3 heterocycles. The number of tetrazole rings is 1. The van der Waals surface area contributed by atoms with Crippen molar-refractivity contribution in [2.75, 3.05) is 13.1 Å². The fourth-order valence-corrected chi connectivity index (χ4v) is 4.57. The number of pyridine rings is 1. The first-order chi connectivity index (χ1) is 14.1. The number of aliphatic hydroxyl groups excluding tert-OH is 1. The predicted molar refractivity (Wildman–Crippen MR) is 115 cm³/mol. The Morgan fingerprint density at radius 2 is 1.90 bits per heavy atom. The number of aryl methyl sites for hydroxylation is 2. The molecule has 0 unspecified atom stereocenters. The Labute approximate surface area is 175 Å². The first-order valence-corrected chi connectivity index (χ1v) is 10.6. The summed E-state index contributed by atoms with van der Waals surface area (Å²) in [5.41, 5.74) is 3.32. The number of hydrogen-bond acceptors (Lipinski definition) is 5. The van der Waals surface area contributed by atoms with Crippen molar-refractivity contribution in [1.82, 2.24) is 25.2 Å². The Bertz CT molecular complexity index is 1120. The van der Waals surface area contributed by atoms with E-state index in [0.717, 1.165) is 35.1 Å². The minimum atomic E-state index is -0.317. The van der Waals surface area contributed by atoms with Crippen molar-refractivity contribution >= 4 is 10.9 Å². The minimum Gasteiger partial charge on any atom is -0.393 e. The number of aromatic amines is 1. The second kappa shape index (κ2) is 7.59. The highest BCUT2D eigenvalue weighted by atomic mass is 16.3. The second-order valence-electron chi connectivity index (χ2n) is 9.54. The van der Waals surface area contributed by atoms with Crippen LogP contribution in [0.25, 0.3) is 10.9 Å². The largest absolute Gasteiger partial charge is 0.393 e. The lowest BCUT2D eigenvalue weighted by atomic mass is 9.97. The predicted octanol–water partition coefficient (Wildman–Crippen LogP) is 1.02. The monoisotopic (exact) mass is 411 g/mol. The summed E-state index contributed by atoms with van der Waals surface area (Å²) in [6, 6.07) is 5.87. The minimum absolute atomic E-state index is 0.110. The molecule has 0 aliphatic carbocycles. The van der Waals surface area contributed by atoms with E-state index in [-0.39, 0.29) is 23.2 Å². The van der Waals surface area contributed by atoms with Crippen LogP contribution in [0.2, 0.25) is 0 Å². The number of H-pyrrole nitrogens is 1. The zero-order valence-electron chi connectivity index (χ0n) is 18.4. The Morgan fingerprint density at radius 1 is 1.20 bits per heavy atom. The van der Waals surface area contributed by atoms with Crippen LogP contribution in [0.4, 0.5) is 0 Å². The topological polar surface area (TPSA) is 101 Å². The van der Waals surface area contributed by atoms with Crippen molar-refractivity contribution in [1.29, 1.82) is 0 Å². The molecule has 8 heteroatoms. The second-order valence-corrected chi connectivity index (χ2v) is 9.54. The van der Waals surface area contributed by atoms with E-state index in [1.165, 1.54) is 4.90 Å². The zero-order chi connectivity index (χ0) is 21.6. The number of nitrogens with one attached hydrogen (secondary N) is 2. The molecule has 0 amide bonds. The highest BCUT2D eigenvalue weighted by molar-refractivity contribution is 5.83. The zero-order valence-corrected chi connectivity index (χ0v) is 18.4. The normalized spacial score (nSPS) is 21.1. The average molecular weight is 412 g/mol. The van der Waals surface area contributed by atoms with Gasteiger partial charge in [0, 0.05) is 12.8 Å². The van der Waals surface area contributed by atoms with Gasteiger partial charge in [-0.3, -0.25) is 4.79 Å². The summed E-state index contributed by atoms with van der Waals surface area (Å²) in [6.07, 6.45) is 1.12. The molecule has 0 bridgehead atoms. The first-order valence-electron chi connectivity index (χ1n) is 10.6. The summed E-state index contributed by atoms with van der Waals surface area (Å²) in [7, 11) is 0. The molecule has 8 nitrogen and oxygen atoms in total. The van der Waals surface area contributed by atoms with Gasteiger partial charge < -0.3 is 15.0 Å². The third-order valence-corrected chi connectivity index (χ3v) is 6.03. The first kappa shape index (κ1) is 20.7. The fraction of sp³-hybridized carbons (Fsp3) is 0.545. The van der Waals surface area contributed by atoms with Gasteiger partial charge in [-0.05, 0) is 68.1 Å². The maximum Gasteiger partial charge on any atom is 0.258 e. The molecule has 2 aromatic heterocycles. The number of fused-ring (bicyclic) bond motifs is 1. The number of aromatic nitrogens is 5. The molecular weight excluding hydrogens is 380 g/mol. The van der Waals surface area contributed by atoms with Crippen LogP contribution in [0.5, 0.6) is 0 Å². The quantitative estimate of drug-likeness (QED) is 0.597. The molecule has 3 N–H and O–H groups in total. The van der Waals surface area contributed by atoms with Gasteiger partial charge in [-0.15, -0.1) is 5.10 Å². The molecule has 0 saturated carbocycles. The van der Waals surface area contributed by atoms with Crippen LogP contribution >= 0.6 is 0 Å². The number of nitrogens with zero attached hydrogens (tertiary/aromatic N) is 4. The number of hydrogen-bond donors (Lipinski definition) is 3. The van der Waals surface area contributed by atoms with Crippen LogP contribution in [-0.4, -0.2) is 49.5 Å². The van der Waals surface area contributed by atoms with Gasteiger partial charge in [0.2, 0.25) is 5.82 Å². The van der Waals surface area contributed by atoms with Crippen molar-refractivity contribution in [3.63, 3.8) is 0 Å². The summed E-state index contributed by atoms with van der Waals surface area (Å²) >= 11 is 0. The van der Waals surface area contributed by atoms with E-state index in [1.807, 2.05) is 17.7 Å². The molecule has 1 fully saturated rings. The molecular formula is C22H31N6O2+. The van der Waals surface area contributed by atoms with Gasteiger partial charge in [-0.1, -0.05) is 11.6 Å². The number of likely N-dealkylation sites (tertiary alicyclic amines) is 1. The molecule has 30 heavy (non-hydrogen) atoms. The van der Waals surface area contributed by atoms with E-state index < -0.39 is 0 Å². The number of aliphatic hydroxyl groups is 1. The van der Waals surface area contributed by atoms with Crippen LogP contribution in [0.15, 0.2) is 23.0 Å². The van der Waals surface area contributed by atoms with Gasteiger partial charge in [0.25, 0.3) is 5.56 Å². The molecule has 160 valence electrons. The molecule has 1 saturated heterocycles. The Hall–Kier alpha value is -2.58. The van der Waals surface area contributed by atoms with E-state index in [0.29, 0.717) is 24.2 Å². The van der Waals surface area contributed by atoms with E-state index in [4.69, 9.17) is 0 Å². The Balaban J connectivity index is 1.92. The Kier molecular flexibility index (Phi) is 5.23. The lowest BCUT2D eigenvalue weighted by molar-refractivity contribution is -0.932. The highest BCUT2D eigenvalue weighted by Crippen LogP contribution is 2.24. The molecule has 4 rings (SSSR count). The summed E-state index contributed by atoms with van der Waals surface area (Å²) < 4.78 is 1.82. The summed E-state index contributed by atoms with van der Waals surface area (Å²) in [6.45, 7) is 11.7. The number of quaternary nitrogens is 1. The van der Waals surface area contributed by atoms with Crippen LogP contribution in [0.1, 0.15) is 62.2 Å². The standard InChI is InChI=1S/C22H30N6O2/c1-13-10-14(2)18-15(11-13)12-17(21(30)23-18)19(27-8-6-16(29)7-9-27)20-24-25-26-28(20)22(3,4)5/h10-12,16,19,29H,6-9H2,1-5H3,(H,23,30)/p+1/t19-/m1/s1. The van der Waals surface area contributed by atoms with Crippen molar-refractivity contribution in [3.8, 4) is 0 Å². The average Bonchev–Trinajstić information content (AvgIpc) is 3.14. The smallest absolute Gasteiger partial charge is 0.258 e. The van der Waals surface area contributed by atoms with Gasteiger partial charge in [-0.25, -0.2) is 4.68 Å². The molecule has 3 aromatic rings. The third kappa shape index (κ3) is 3.77. The van der Waals surface area contributed by atoms with Gasteiger partial charge in [0.05, 0.1) is 35.8 Å². The van der Waals surface area contributed by atoms with Crippen molar-refractivity contribution in [3.05, 3.63) is 51.1 Å². The third-order valence-electron chi connectivity index (χ3n) is 6.03. The number of benzene rings is 1. The van der Waals surface area contributed by atoms with Crippen molar-refractivity contribution in [2.24, 2.45) is 0 Å². The SMILES string of the molecule is Cc1cc(C)c2[nH]c(=O)c([C@H](c3nnnn3C(C)(C)C)[NH+]3CCC(O)CC3)cc2c1. The molecule has 0 spiro atoms. The Morgan fingerprint density at radius 3 is 2.57 bits per heavy atom. The summed E-state index contributed by atoms with van der Waals surface area (Å²) in [4.78, 5) is 17.6. The fourth-order valence-electron chi connectivity index (χ4n) is 4.57. The van der Waals surface area contributed by atoms with Crippen molar-refractivity contribution in [2.45, 2.75) is 65.1 Å². The van der Waals surface area contributed by atoms with Crippen LogP contribution in [0.3, 0.4) is 0 Å². The molecule has 1 aromatic carbocycles. The number of rotatable bonds is 3. The molecule has 0 radical (unpaired) electrons. The van der Waals surface area contributed by atoms with Crippen molar-refractivity contribution < 1.29 is 10.0 Å². The lowest BCUT2D eigenvalue weighted by Gasteiger charge is -2.33. The van der Waals surface area contributed by atoms with Gasteiger partial charge in [0.15, 0.2) is 6.04 Å². The van der Waals surface area contributed by atoms with E-state index in [2.05, 4.69) is 60.3 Å². The molecule has 1 atom stereocenters. The van der Waals surface area contributed by atoms with E-state index in [1.54, 1.807) is 0 Å². The maximum atomic E-state index is 13.3. The van der Waals surface area contributed by atoms with Gasteiger partial charge in [0.1, 0.15) is 0 Å². The van der Waals surface area contributed by atoms with Crippen LogP contribution in [-0.2, 0) is 5.54 Å². The van der Waals surface area contributed by atoms with E-state index >= 15 is 0 Å². The van der Waals surface area contributed by atoms with Gasteiger partial charge in [-0.2, -0.15) is 0 Å². The molecule has 1 aliphatic heterocycles. The summed E-state index contributed by atoms with van der Waals surface area (Å²) in [5, 5.41) is 23.6. The maximum absolute atomic E-state index is 13.3. The van der Waals surface area contributed by atoms with Gasteiger partial charge >= 0.3 is 0 Å². The van der Waals surface area contributed by atoms with E-state index in [9.17, 15) is 9.90 Å². The lowest BCUT2D eigenvalue weighted by Crippen LogP contribution is -3.14. The van der Waals surface area contributed by atoms with Crippen LogP contribution < -0.4 is 10.5 Å². The number of piperidine rings is 1. The highest BCUT2D eigenvalue weighted by Gasteiger charge is 2.38. The molecule has 1 aliphatic rings. The van der Waals surface area contributed by atoms with Crippen LogP contribution in [0, 0.1) is 13.8 Å². The summed E-state index contributed by atoms with van der Waals surface area (Å²) in [5.74, 6) is 0.683.